The van der Waals surface area contributed by atoms with Crippen LogP contribution in [0.15, 0.2) is 48.5 Å². The zero-order chi connectivity index (χ0) is 22.1. The van der Waals surface area contributed by atoms with Gasteiger partial charge in [0.2, 0.25) is 11.8 Å². The molecule has 2 aromatic carbocycles. The molecule has 0 saturated carbocycles. The van der Waals surface area contributed by atoms with Crippen molar-refractivity contribution in [3.8, 4) is 0 Å². The molecule has 0 heterocycles. The molecule has 1 N–H and O–H groups in total. The Bertz CT molecular complexity index is 833. The van der Waals surface area contributed by atoms with Crippen LogP contribution >= 0.6 is 11.8 Å². The maximum absolute atomic E-state index is 13.2. The summed E-state index contributed by atoms with van der Waals surface area (Å²) in [6, 6.07) is 16.0. The molecule has 2 aromatic rings. The third-order valence-electron chi connectivity index (χ3n) is 5.03. The second-order valence-electron chi connectivity index (χ2n) is 8.01. The lowest BCUT2D eigenvalue weighted by Gasteiger charge is -2.31. The van der Waals surface area contributed by atoms with Gasteiger partial charge in [-0.05, 0) is 50.8 Å². The van der Waals surface area contributed by atoms with Gasteiger partial charge in [-0.15, -0.1) is 11.8 Å². The Kier molecular flexibility index (Phi) is 9.44. The standard InChI is InChI=1S/C25H34N2O2S/c1-6-23(25(29)26-18(2)3)27(15-22-10-8-7-9-20(22)5)24(28)17-30-16-21-13-11-19(4)12-14-21/h7-14,18,23H,6,15-17H2,1-5H3,(H,26,29). The van der Waals surface area contributed by atoms with E-state index in [-0.39, 0.29) is 17.9 Å². The van der Waals surface area contributed by atoms with Crippen molar-refractivity contribution in [2.75, 3.05) is 5.75 Å². The first-order valence-electron chi connectivity index (χ1n) is 10.6. The normalized spacial score (nSPS) is 11.9. The van der Waals surface area contributed by atoms with E-state index in [0.29, 0.717) is 18.7 Å². The van der Waals surface area contributed by atoms with Crippen molar-refractivity contribution >= 4 is 23.6 Å². The van der Waals surface area contributed by atoms with E-state index in [1.54, 1.807) is 16.7 Å². The van der Waals surface area contributed by atoms with Crippen LogP contribution in [0.25, 0.3) is 0 Å². The summed E-state index contributed by atoms with van der Waals surface area (Å²) in [6.45, 7) is 10.4. The number of amides is 2. The molecule has 0 aliphatic rings. The highest BCUT2D eigenvalue weighted by molar-refractivity contribution is 7.99. The van der Waals surface area contributed by atoms with E-state index in [4.69, 9.17) is 0 Å². The highest BCUT2D eigenvalue weighted by Crippen LogP contribution is 2.19. The molecule has 0 aliphatic heterocycles. The predicted molar refractivity (Wildman–Crippen MR) is 126 cm³/mol. The summed E-state index contributed by atoms with van der Waals surface area (Å²) >= 11 is 1.59. The minimum absolute atomic E-state index is 0.00104. The maximum Gasteiger partial charge on any atom is 0.243 e. The largest absolute Gasteiger partial charge is 0.352 e. The molecule has 2 amide bonds. The van der Waals surface area contributed by atoms with Crippen molar-refractivity contribution in [1.29, 1.82) is 0 Å². The number of carbonyl (C=O) groups excluding carboxylic acids is 2. The fourth-order valence-electron chi connectivity index (χ4n) is 3.29. The number of carbonyl (C=O) groups is 2. The molecular weight excluding hydrogens is 392 g/mol. The van der Waals surface area contributed by atoms with Crippen molar-refractivity contribution < 1.29 is 9.59 Å². The van der Waals surface area contributed by atoms with Gasteiger partial charge in [0, 0.05) is 18.3 Å². The molecule has 162 valence electrons. The van der Waals surface area contributed by atoms with Gasteiger partial charge in [-0.3, -0.25) is 9.59 Å². The quantitative estimate of drug-likeness (QED) is 0.590. The molecule has 1 unspecified atom stereocenters. The molecular formula is C25H34N2O2S. The summed E-state index contributed by atoms with van der Waals surface area (Å²) in [5.74, 6) is 1.05. The third-order valence-corrected chi connectivity index (χ3v) is 6.02. The first kappa shape index (κ1) is 24.0. The van der Waals surface area contributed by atoms with Crippen LogP contribution in [0, 0.1) is 13.8 Å². The topological polar surface area (TPSA) is 49.4 Å². The van der Waals surface area contributed by atoms with Gasteiger partial charge in [0.1, 0.15) is 6.04 Å². The summed E-state index contributed by atoms with van der Waals surface area (Å²) in [5.41, 5.74) is 4.63. The average molecular weight is 427 g/mol. The van der Waals surface area contributed by atoms with E-state index in [0.717, 1.165) is 16.9 Å². The lowest BCUT2D eigenvalue weighted by atomic mass is 10.1. The van der Waals surface area contributed by atoms with E-state index < -0.39 is 6.04 Å². The number of thioether (sulfide) groups is 1. The molecule has 0 saturated heterocycles. The molecule has 4 nitrogen and oxygen atoms in total. The number of rotatable bonds is 10. The van der Waals surface area contributed by atoms with Crippen LogP contribution in [0.4, 0.5) is 0 Å². The highest BCUT2D eigenvalue weighted by atomic mass is 32.2. The maximum atomic E-state index is 13.2. The smallest absolute Gasteiger partial charge is 0.243 e. The Morgan fingerprint density at radius 3 is 2.30 bits per heavy atom. The van der Waals surface area contributed by atoms with Gasteiger partial charge in [0.15, 0.2) is 0 Å². The first-order chi connectivity index (χ1) is 14.3. The Balaban J connectivity index is 2.13. The van der Waals surface area contributed by atoms with Crippen LogP contribution in [0.2, 0.25) is 0 Å². The van der Waals surface area contributed by atoms with Gasteiger partial charge in [0.05, 0.1) is 5.75 Å². The van der Waals surface area contributed by atoms with Crippen LogP contribution in [0.5, 0.6) is 0 Å². The third kappa shape index (κ3) is 7.21. The molecule has 0 fully saturated rings. The summed E-state index contributed by atoms with van der Waals surface area (Å²) in [7, 11) is 0. The Morgan fingerprint density at radius 2 is 1.70 bits per heavy atom. The molecule has 2 rings (SSSR count). The van der Waals surface area contributed by atoms with Crippen LogP contribution < -0.4 is 5.32 Å². The van der Waals surface area contributed by atoms with Crippen molar-refractivity contribution in [2.24, 2.45) is 0 Å². The zero-order valence-electron chi connectivity index (χ0n) is 18.8. The zero-order valence-corrected chi connectivity index (χ0v) is 19.6. The highest BCUT2D eigenvalue weighted by Gasteiger charge is 2.29. The van der Waals surface area contributed by atoms with Crippen LogP contribution in [0.3, 0.4) is 0 Å². The fraction of sp³-hybridized carbons (Fsp3) is 0.440. The van der Waals surface area contributed by atoms with E-state index in [1.165, 1.54) is 11.1 Å². The average Bonchev–Trinajstić information content (AvgIpc) is 2.70. The SMILES string of the molecule is CCC(C(=O)NC(C)C)N(Cc1ccccc1C)C(=O)CSCc1ccc(C)cc1. The summed E-state index contributed by atoms with van der Waals surface area (Å²) < 4.78 is 0. The summed E-state index contributed by atoms with van der Waals surface area (Å²) in [4.78, 5) is 27.8. The van der Waals surface area contributed by atoms with Gasteiger partial charge < -0.3 is 10.2 Å². The molecule has 0 radical (unpaired) electrons. The number of hydrogen-bond acceptors (Lipinski definition) is 3. The fourth-order valence-corrected chi connectivity index (χ4v) is 4.17. The van der Waals surface area contributed by atoms with Gasteiger partial charge in [-0.1, -0.05) is 61.0 Å². The monoisotopic (exact) mass is 426 g/mol. The number of nitrogens with zero attached hydrogens (tertiary/aromatic N) is 1. The molecule has 5 heteroatoms. The lowest BCUT2D eigenvalue weighted by Crippen LogP contribution is -2.51. The summed E-state index contributed by atoms with van der Waals surface area (Å²) in [5, 5.41) is 2.98. The Morgan fingerprint density at radius 1 is 1.03 bits per heavy atom. The van der Waals surface area contributed by atoms with Crippen molar-refractivity contribution in [3.05, 3.63) is 70.8 Å². The van der Waals surface area contributed by atoms with E-state index in [9.17, 15) is 9.59 Å². The summed E-state index contributed by atoms with van der Waals surface area (Å²) in [6.07, 6.45) is 0.582. The van der Waals surface area contributed by atoms with Crippen molar-refractivity contribution in [1.82, 2.24) is 10.2 Å². The van der Waals surface area contributed by atoms with Crippen molar-refractivity contribution in [2.45, 2.75) is 65.4 Å². The van der Waals surface area contributed by atoms with Gasteiger partial charge in [-0.2, -0.15) is 0 Å². The lowest BCUT2D eigenvalue weighted by molar-refractivity contribution is -0.139. The van der Waals surface area contributed by atoms with E-state index in [2.05, 4.69) is 36.5 Å². The number of hydrogen-bond donors (Lipinski definition) is 1. The van der Waals surface area contributed by atoms with Crippen LogP contribution in [0.1, 0.15) is 49.4 Å². The number of aryl methyl sites for hydroxylation is 2. The van der Waals surface area contributed by atoms with E-state index in [1.807, 2.05) is 52.0 Å². The minimum Gasteiger partial charge on any atom is -0.352 e. The number of benzene rings is 2. The molecule has 30 heavy (non-hydrogen) atoms. The molecule has 0 aromatic heterocycles. The molecule has 0 spiro atoms. The van der Waals surface area contributed by atoms with Crippen LogP contribution in [-0.4, -0.2) is 34.6 Å². The predicted octanol–water partition coefficient (Wildman–Crippen LogP) is 4.87. The van der Waals surface area contributed by atoms with Gasteiger partial charge in [-0.25, -0.2) is 0 Å². The Hall–Kier alpha value is -2.27. The molecule has 0 bridgehead atoms. The van der Waals surface area contributed by atoms with E-state index >= 15 is 0 Å². The molecule has 0 aliphatic carbocycles. The Labute approximate surface area is 185 Å². The van der Waals surface area contributed by atoms with Crippen LogP contribution in [-0.2, 0) is 21.9 Å². The minimum atomic E-state index is -0.473. The number of nitrogens with one attached hydrogen (secondary N) is 1. The van der Waals surface area contributed by atoms with Gasteiger partial charge >= 0.3 is 0 Å². The second kappa shape index (κ2) is 11.8. The molecule has 1 atom stereocenters. The van der Waals surface area contributed by atoms with Gasteiger partial charge in [0.25, 0.3) is 0 Å². The van der Waals surface area contributed by atoms with Crippen molar-refractivity contribution in [3.63, 3.8) is 0 Å². The second-order valence-corrected chi connectivity index (χ2v) is 9.00. The first-order valence-corrected chi connectivity index (χ1v) is 11.7.